The number of thiophene rings is 1. The predicted molar refractivity (Wildman–Crippen MR) is 140 cm³/mol. The molecule has 5 rings (SSSR count). The van der Waals surface area contributed by atoms with E-state index < -0.39 is 0 Å². The average molecular weight is 472 g/mol. The molecule has 2 aromatic heterocycles. The van der Waals surface area contributed by atoms with Crippen molar-refractivity contribution >= 4 is 33.1 Å². The summed E-state index contributed by atoms with van der Waals surface area (Å²) in [6.45, 7) is 6.48. The highest BCUT2D eigenvalue weighted by Crippen LogP contribution is 2.35. The lowest BCUT2D eigenvalue weighted by Gasteiger charge is -2.23. The molecule has 0 N–H and O–H groups in total. The number of carbonyl (C=O) groups excluding carboxylic acids is 1. The first kappa shape index (κ1) is 22.5. The van der Waals surface area contributed by atoms with Crippen molar-refractivity contribution in [1.82, 2.24) is 9.55 Å². The molecule has 2 heterocycles. The van der Waals surface area contributed by atoms with Gasteiger partial charge in [0.15, 0.2) is 0 Å². The van der Waals surface area contributed by atoms with Gasteiger partial charge in [0.2, 0.25) is 5.91 Å². The van der Waals surface area contributed by atoms with Crippen molar-refractivity contribution in [3.05, 3.63) is 80.5 Å². The summed E-state index contributed by atoms with van der Waals surface area (Å²) < 4.78 is 1.60. The molecule has 6 heteroatoms. The van der Waals surface area contributed by atoms with Crippen molar-refractivity contribution in [2.75, 3.05) is 11.4 Å². The molecular formula is C28H29N3O2S. The maximum Gasteiger partial charge on any atom is 0.263 e. The number of carbonyl (C=O) groups is 1. The standard InChI is InChI=1S/C28H29N3O2S/c1-4-30(21-12-8-10-19(3)16-21)24(32)17-31-26(20-11-7-9-18(2)15-20)29-27-25(28(31)33)22-13-5-6-14-23(22)34-27/h7-12,15-16H,4-6,13-14,17H2,1-3H3. The summed E-state index contributed by atoms with van der Waals surface area (Å²) in [5.41, 5.74) is 4.93. The molecule has 0 radical (unpaired) electrons. The Bertz CT molecular complexity index is 1450. The SMILES string of the molecule is CCN(C(=O)Cn1c(-c2cccc(C)c2)nc2sc3c(c2c1=O)CCCC3)c1cccc(C)c1. The van der Waals surface area contributed by atoms with Crippen LogP contribution in [-0.4, -0.2) is 22.0 Å². The van der Waals surface area contributed by atoms with Gasteiger partial charge in [-0.3, -0.25) is 14.2 Å². The highest BCUT2D eigenvalue weighted by Gasteiger charge is 2.25. The first-order valence-electron chi connectivity index (χ1n) is 12.0. The third-order valence-electron chi connectivity index (χ3n) is 6.58. The lowest BCUT2D eigenvalue weighted by Crippen LogP contribution is -2.37. The van der Waals surface area contributed by atoms with Crippen LogP contribution >= 0.6 is 11.3 Å². The molecule has 0 saturated heterocycles. The quantitative estimate of drug-likeness (QED) is 0.377. The molecule has 1 amide bonds. The van der Waals surface area contributed by atoms with E-state index in [4.69, 9.17) is 4.98 Å². The second-order valence-electron chi connectivity index (χ2n) is 9.06. The number of fused-ring (bicyclic) bond motifs is 3. The van der Waals surface area contributed by atoms with E-state index in [9.17, 15) is 9.59 Å². The highest BCUT2D eigenvalue weighted by molar-refractivity contribution is 7.18. The van der Waals surface area contributed by atoms with Crippen LogP contribution in [0.2, 0.25) is 0 Å². The van der Waals surface area contributed by atoms with E-state index in [0.29, 0.717) is 17.8 Å². The first-order chi connectivity index (χ1) is 16.5. The molecule has 0 atom stereocenters. The second kappa shape index (κ2) is 9.18. The molecule has 1 aliphatic carbocycles. The van der Waals surface area contributed by atoms with E-state index in [2.05, 4.69) is 0 Å². The molecule has 0 bridgehead atoms. The fourth-order valence-electron chi connectivity index (χ4n) is 4.91. The fraction of sp³-hybridized carbons (Fsp3) is 0.321. The Labute approximate surface area is 203 Å². The van der Waals surface area contributed by atoms with Crippen LogP contribution in [0, 0.1) is 13.8 Å². The van der Waals surface area contributed by atoms with Crippen LogP contribution in [0.4, 0.5) is 5.69 Å². The van der Waals surface area contributed by atoms with Crippen molar-refractivity contribution in [2.24, 2.45) is 0 Å². The van der Waals surface area contributed by atoms with Gasteiger partial charge in [-0.15, -0.1) is 11.3 Å². The number of aryl methyl sites for hydroxylation is 4. The summed E-state index contributed by atoms with van der Waals surface area (Å²) in [7, 11) is 0. The van der Waals surface area contributed by atoms with Crippen LogP contribution in [0.15, 0.2) is 53.3 Å². The lowest BCUT2D eigenvalue weighted by atomic mass is 9.97. The summed E-state index contributed by atoms with van der Waals surface area (Å²) in [5, 5.41) is 0.711. The summed E-state index contributed by atoms with van der Waals surface area (Å²) in [4.78, 5) is 36.3. The van der Waals surface area contributed by atoms with E-state index in [1.165, 1.54) is 4.88 Å². The van der Waals surface area contributed by atoms with Gasteiger partial charge in [-0.05, 0) is 75.8 Å². The minimum absolute atomic E-state index is 0.0442. The molecule has 0 spiro atoms. The van der Waals surface area contributed by atoms with Gasteiger partial charge in [0.1, 0.15) is 17.2 Å². The van der Waals surface area contributed by atoms with Crippen LogP contribution < -0.4 is 10.5 Å². The zero-order valence-electron chi connectivity index (χ0n) is 19.9. The van der Waals surface area contributed by atoms with E-state index in [1.54, 1.807) is 20.8 Å². The number of hydrogen-bond acceptors (Lipinski definition) is 4. The highest BCUT2D eigenvalue weighted by atomic mass is 32.1. The molecule has 0 unspecified atom stereocenters. The van der Waals surface area contributed by atoms with Crippen molar-refractivity contribution in [1.29, 1.82) is 0 Å². The molecule has 4 aromatic rings. The number of benzene rings is 2. The summed E-state index contributed by atoms with van der Waals surface area (Å²) in [6, 6.07) is 15.9. The number of hydrogen-bond donors (Lipinski definition) is 0. The Kier molecular flexibility index (Phi) is 6.09. The molecule has 1 aliphatic rings. The van der Waals surface area contributed by atoms with Gasteiger partial charge in [-0.1, -0.05) is 35.9 Å². The van der Waals surface area contributed by atoms with Crippen LogP contribution in [0.1, 0.15) is 41.3 Å². The number of nitrogens with zero attached hydrogens (tertiary/aromatic N) is 3. The van der Waals surface area contributed by atoms with Gasteiger partial charge < -0.3 is 4.90 Å². The second-order valence-corrected chi connectivity index (χ2v) is 10.1. The Morgan fingerprint density at radius 1 is 1.06 bits per heavy atom. The smallest absolute Gasteiger partial charge is 0.263 e. The van der Waals surface area contributed by atoms with Crippen molar-refractivity contribution in [3.8, 4) is 11.4 Å². The summed E-state index contributed by atoms with van der Waals surface area (Å²) in [6.07, 6.45) is 4.16. The number of amides is 1. The average Bonchev–Trinajstić information content (AvgIpc) is 3.20. The third kappa shape index (κ3) is 4.07. The normalized spacial score (nSPS) is 13.1. The Hall–Kier alpha value is -3.25. The predicted octanol–water partition coefficient (Wildman–Crippen LogP) is 5.67. The van der Waals surface area contributed by atoms with Crippen LogP contribution in [0.25, 0.3) is 21.6 Å². The van der Waals surface area contributed by atoms with Gasteiger partial charge in [-0.2, -0.15) is 0 Å². The van der Waals surface area contributed by atoms with Gasteiger partial charge >= 0.3 is 0 Å². The molecule has 0 saturated carbocycles. The first-order valence-corrected chi connectivity index (χ1v) is 12.8. The lowest BCUT2D eigenvalue weighted by molar-refractivity contribution is -0.119. The Morgan fingerprint density at radius 3 is 2.53 bits per heavy atom. The van der Waals surface area contributed by atoms with E-state index >= 15 is 0 Å². The topological polar surface area (TPSA) is 55.2 Å². The maximum absolute atomic E-state index is 13.9. The van der Waals surface area contributed by atoms with E-state index in [0.717, 1.165) is 58.5 Å². The summed E-state index contributed by atoms with van der Waals surface area (Å²) >= 11 is 1.64. The van der Waals surface area contributed by atoms with E-state index in [-0.39, 0.29) is 18.0 Å². The molecule has 2 aromatic carbocycles. The largest absolute Gasteiger partial charge is 0.311 e. The van der Waals surface area contributed by atoms with Gasteiger partial charge in [-0.25, -0.2) is 4.98 Å². The van der Waals surface area contributed by atoms with Crippen molar-refractivity contribution in [3.63, 3.8) is 0 Å². The van der Waals surface area contributed by atoms with Gasteiger partial charge in [0.25, 0.3) is 5.56 Å². The number of rotatable bonds is 5. The van der Waals surface area contributed by atoms with Crippen LogP contribution in [-0.2, 0) is 24.2 Å². The fourth-order valence-corrected chi connectivity index (χ4v) is 6.16. The van der Waals surface area contributed by atoms with Gasteiger partial charge in [0.05, 0.1) is 5.39 Å². The third-order valence-corrected chi connectivity index (χ3v) is 7.76. The van der Waals surface area contributed by atoms with Crippen LogP contribution in [0.3, 0.4) is 0 Å². The monoisotopic (exact) mass is 471 g/mol. The molecule has 5 nitrogen and oxygen atoms in total. The van der Waals surface area contributed by atoms with Crippen molar-refractivity contribution < 1.29 is 4.79 Å². The number of aromatic nitrogens is 2. The number of anilines is 1. The zero-order valence-corrected chi connectivity index (χ0v) is 20.7. The molecular weight excluding hydrogens is 442 g/mol. The Morgan fingerprint density at radius 2 is 1.79 bits per heavy atom. The Balaban J connectivity index is 1.66. The van der Waals surface area contributed by atoms with Crippen molar-refractivity contribution in [2.45, 2.75) is 53.0 Å². The molecule has 0 aliphatic heterocycles. The van der Waals surface area contributed by atoms with Crippen LogP contribution in [0.5, 0.6) is 0 Å². The van der Waals surface area contributed by atoms with Gasteiger partial charge in [0, 0.05) is 22.7 Å². The summed E-state index contributed by atoms with van der Waals surface area (Å²) in [5.74, 6) is 0.447. The zero-order chi connectivity index (χ0) is 23.8. The minimum atomic E-state index is -0.116. The molecule has 34 heavy (non-hydrogen) atoms. The number of likely N-dealkylation sites (N-methyl/N-ethyl adjacent to an activating group) is 1. The minimum Gasteiger partial charge on any atom is -0.311 e. The molecule has 0 fully saturated rings. The molecule has 174 valence electrons. The maximum atomic E-state index is 13.9. The van der Waals surface area contributed by atoms with E-state index in [1.807, 2.05) is 69.3 Å².